The van der Waals surface area contributed by atoms with Crippen molar-refractivity contribution < 1.29 is 29.0 Å². The average molecular weight is 524 g/mol. The van der Waals surface area contributed by atoms with E-state index in [2.05, 4.69) is 10.6 Å². The summed E-state index contributed by atoms with van der Waals surface area (Å²) in [6.07, 6.45) is 6.23. The quantitative estimate of drug-likeness (QED) is 0.431. The van der Waals surface area contributed by atoms with Gasteiger partial charge in [-0.3, -0.25) is 14.4 Å². The van der Waals surface area contributed by atoms with Gasteiger partial charge in [-0.05, 0) is 81.6 Å². The van der Waals surface area contributed by atoms with Crippen LogP contribution in [0.25, 0.3) is 0 Å². The third-order valence-electron chi connectivity index (χ3n) is 7.40. The normalized spacial score (nSPS) is 21.8. The third kappa shape index (κ3) is 7.74. The van der Waals surface area contributed by atoms with Gasteiger partial charge in [-0.25, -0.2) is 0 Å². The summed E-state index contributed by atoms with van der Waals surface area (Å²) in [5.74, 6) is -0.00199. The van der Waals surface area contributed by atoms with E-state index in [0.717, 1.165) is 37.9 Å². The maximum absolute atomic E-state index is 12.8. The van der Waals surface area contributed by atoms with Crippen LogP contribution < -0.4 is 20.1 Å². The van der Waals surface area contributed by atoms with E-state index >= 15 is 0 Å². The zero-order valence-electron chi connectivity index (χ0n) is 20.7. The Balaban J connectivity index is 0.00000361. The molecule has 0 aromatic heterocycles. The molecule has 0 spiro atoms. The predicted molar refractivity (Wildman–Crippen MR) is 136 cm³/mol. The summed E-state index contributed by atoms with van der Waals surface area (Å²) in [5, 5.41) is 15.9. The van der Waals surface area contributed by atoms with Gasteiger partial charge in [0.25, 0.3) is 0 Å². The van der Waals surface area contributed by atoms with E-state index in [1.807, 2.05) is 23.1 Å². The number of piperidine rings is 2. The summed E-state index contributed by atoms with van der Waals surface area (Å²) in [6.45, 7) is 3.44. The van der Waals surface area contributed by atoms with Gasteiger partial charge in [-0.1, -0.05) is 6.07 Å². The van der Waals surface area contributed by atoms with E-state index < -0.39 is 11.9 Å². The molecular formula is C26H38ClN3O6. The van der Waals surface area contributed by atoms with Crippen molar-refractivity contribution >= 4 is 30.2 Å². The van der Waals surface area contributed by atoms with Crippen molar-refractivity contribution in [1.82, 2.24) is 15.5 Å². The van der Waals surface area contributed by atoms with Crippen LogP contribution in [0.3, 0.4) is 0 Å². The number of aliphatic carboxylic acids is 1. The lowest BCUT2D eigenvalue weighted by Gasteiger charge is -2.33. The van der Waals surface area contributed by atoms with Crippen LogP contribution in [0.5, 0.6) is 11.5 Å². The maximum Gasteiger partial charge on any atom is 0.308 e. The lowest BCUT2D eigenvalue weighted by molar-refractivity contribution is -0.142. The number of nitrogens with one attached hydrogen (secondary N) is 2. The summed E-state index contributed by atoms with van der Waals surface area (Å²) < 4.78 is 10.7. The summed E-state index contributed by atoms with van der Waals surface area (Å²) >= 11 is 0. The molecule has 36 heavy (non-hydrogen) atoms. The molecule has 0 saturated carbocycles. The van der Waals surface area contributed by atoms with Crippen LogP contribution in [0.4, 0.5) is 0 Å². The third-order valence-corrected chi connectivity index (χ3v) is 7.40. The number of fused-ring (bicyclic) bond motifs is 1. The minimum Gasteiger partial charge on any atom is -0.481 e. The SMILES string of the molecule is Cl.O=C(O)[C@H](CCc1ccc2c(c1)OCO2)CNC(=O)[C@@H]1CCCN(C(=O)CCC2CCCNC2)C1. The van der Waals surface area contributed by atoms with Gasteiger partial charge >= 0.3 is 5.97 Å². The Labute approximate surface area is 218 Å². The maximum atomic E-state index is 12.8. The Morgan fingerprint density at radius 2 is 2.00 bits per heavy atom. The number of carbonyl (C=O) groups is 3. The molecule has 3 aliphatic heterocycles. The first kappa shape index (κ1) is 28.1. The minimum absolute atomic E-state index is 0. The number of carboxylic acid groups (broad SMARTS) is 1. The number of aryl methyl sites for hydroxylation is 1. The van der Waals surface area contributed by atoms with Crippen molar-refractivity contribution in [2.75, 3.05) is 39.5 Å². The molecule has 2 amide bonds. The molecule has 1 aromatic carbocycles. The molecule has 10 heteroatoms. The standard InChI is InChI=1S/C26H37N3O6.ClH/c30-24(10-7-19-3-1-11-27-14-19)29-12-2-4-21(16-29)25(31)28-15-20(26(32)33)8-5-18-6-9-22-23(13-18)35-17-34-22;/h6,9,13,19-21,27H,1-5,7-8,10-12,14-17H2,(H,28,31)(H,32,33);1H/t19?,20-,21-;/m1./s1. The molecule has 200 valence electrons. The first-order valence-corrected chi connectivity index (χ1v) is 12.9. The summed E-state index contributed by atoms with van der Waals surface area (Å²) in [4.78, 5) is 39.2. The van der Waals surface area contributed by atoms with Crippen LogP contribution >= 0.6 is 12.4 Å². The van der Waals surface area contributed by atoms with Gasteiger partial charge < -0.3 is 30.1 Å². The molecule has 1 unspecified atom stereocenters. The molecule has 9 nitrogen and oxygen atoms in total. The number of rotatable bonds is 10. The molecule has 0 bridgehead atoms. The molecule has 1 aromatic rings. The first-order chi connectivity index (χ1) is 17.0. The van der Waals surface area contributed by atoms with E-state index in [1.165, 1.54) is 12.8 Å². The largest absolute Gasteiger partial charge is 0.481 e. The number of hydrogen-bond acceptors (Lipinski definition) is 6. The molecule has 0 radical (unpaired) electrons. The highest BCUT2D eigenvalue weighted by Gasteiger charge is 2.29. The van der Waals surface area contributed by atoms with Crippen molar-refractivity contribution in [1.29, 1.82) is 0 Å². The van der Waals surface area contributed by atoms with Gasteiger partial charge in [0, 0.05) is 26.1 Å². The van der Waals surface area contributed by atoms with Crippen LogP contribution in [-0.2, 0) is 20.8 Å². The Morgan fingerprint density at radius 3 is 2.78 bits per heavy atom. The number of halogens is 1. The van der Waals surface area contributed by atoms with Gasteiger partial charge in [0.15, 0.2) is 11.5 Å². The van der Waals surface area contributed by atoms with Crippen LogP contribution in [-0.4, -0.2) is 67.3 Å². The topological polar surface area (TPSA) is 117 Å². The molecule has 3 atom stereocenters. The van der Waals surface area contributed by atoms with E-state index in [4.69, 9.17) is 9.47 Å². The molecule has 2 saturated heterocycles. The van der Waals surface area contributed by atoms with Crippen molar-refractivity contribution in [2.45, 2.75) is 51.4 Å². The van der Waals surface area contributed by atoms with Gasteiger partial charge in [0.1, 0.15) is 0 Å². The molecule has 3 heterocycles. The van der Waals surface area contributed by atoms with Crippen molar-refractivity contribution in [2.24, 2.45) is 17.8 Å². The summed E-state index contributed by atoms with van der Waals surface area (Å²) in [6, 6.07) is 5.61. The first-order valence-electron chi connectivity index (χ1n) is 12.9. The van der Waals surface area contributed by atoms with Crippen molar-refractivity contribution in [3.8, 4) is 11.5 Å². The van der Waals surface area contributed by atoms with Crippen LogP contribution in [0, 0.1) is 17.8 Å². The molecule has 3 N–H and O–H groups in total. The lowest BCUT2D eigenvalue weighted by Crippen LogP contribution is -2.46. The number of ether oxygens (including phenoxy) is 2. The number of likely N-dealkylation sites (tertiary alicyclic amines) is 1. The van der Waals surface area contributed by atoms with Crippen molar-refractivity contribution in [3.05, 3.63) is 23.8 Å². The van der Waals surface area contributed by atoms with Gasteiger partial charge in [0.2, 0.25) is 18.6 Å². The highest BCUT2D eigenvalue weighted by Crippen LogP contribution is 2.33. The second kappa shape index (κ2) is 13.7. The van der Waals surface area contributed by atoms with E-state index in [9.17, 15) is 19.5 Å². The fourth-order valence-electron chi connectivity index (χ4n) is 5.19. The number of carboxylic acids is 1. The zero-order chi connectivity index (χ0) is 24.6. The number of nitrogens with zero attached hydrogens (tertiary/aromatic N) is 1. The minimum atomic E-state index is -0.927. The fraction of sp³-hybridized carbons (Fsp3) is 0.654. The van der Waals surface area contributed by atoms with E-state index in [0.29, 0.717) is 49.8 Å². The van der Waals surface area contributed by atoms with E-state index in [-0.39, 0.29) is 43.5 Å². The summed E-state index contributed by atoms with van der Waals surface area (Å²) in [7, 11) is 0. The predicted octanol–water partition coefficient (Wildman–Crippen LogP) is 2.61. The molecular weight excluding hydrogens is 486 g/mol. The fourth-order valence-corrected chi connectivity index (χ4v) is 5.19. The Morgan fingerprint density at radius 1 is 1.17 bits per heavy atom. The second-order valence-corrected chi connectivity index (χ2v) is 9.94. The number of carbonyl (C=O) groups excluding carboxylic acids is 2. The monoisotopic (exact) mass is 523 g/mol. The highest BCUT2D eigenvalue weighted by atomic mass is 35.5. The molecule has 2 fully saturated rings. The van der Waals surface area contributed by atoms with Crippen LogP contribution in [0.2, 0.25) is 0 Å². The number of hydrogen-bond donors (Lipinski definition) is 3. The average Bonchev–Trinajstić information content (AvgIpc) is 3.35. The zero-order valence-corrected chi connectivity index (χ0v) is 21.5. The summed E-state index contributed by atoms with van der Waals surface area (Å²) in [5.41, 5.74) is 0.970. The molecule has 3 aliphatic rings. The van der Waals surface area contributed by atoms with Crippen molar-refractivity contribution in [3.63, 3.8) is 0 Å². The highest BCUT2D eigenvalue weighted by molar-refractivity contribution is 5.85. The van der Waals surface area contributed by atoms with Gasteiger partial charge in [-0.15, -0.1) is 12.4 Å². The molecule has 0 aliphatic carbocycles. The number of benzene rings is 1. The second-order valence-electron chi connectivity index (χ2n) is 9.94. The molecule has 4 rings (SSSR count). The van der Waals surface area contributed by atoms with Crippen LogP contribution in [0.15, 0.2) is 18.2 Å². The Bertz CT molecular complexity index is 908. The lowest BCUT2D eigenvalue weighted by atomic mass is 9.93. The van der Waals surface area contributed by atoms with Crippen LogP contribution in [0.1, 0.15) is 50.5 Å². The van der Waals surface area contributed by atoms with Gasteiger partial charge in [-0.2, -0.15) is 0 Å². The Hall–Kier alpha value is -2.52. The smallest absolute Gasteiger partial charge is 0.308 e. The van der Waals surface area contributed by atoms with Gasteiger partial charge in [0.05, 0.1) is 11.8 Å². The Kier molecular flexibility index (Phi) is 10.7. The van der Waals surface area contributed by atoms with E-state index in [1.54, 1.807) is 0 Å². The number of amides is 2.